The number of halogens is 1. The third-order valence-electron chi connectivity index (χ3n) is 3.70. The summed E-state index contributed by atoms with van der Waals surface area (Å²) in [7, 11) is 0. The van der Waals surface area contributed by atoms with Crippen molar-refractivity contribution >= 4 is 17.9 Å². The number of carbonyl (C=O) groups excluding carboxylic acids is 3. The lowest BCUT2D eigenvalue weighted by atomic mass is 10.2. The second kappa shape index (κ2) is 10.2. The molecule has 0 aromatic heterocycles. The molecule has 0 bridgehead atoms. The molecular formula is C21H23FN2O5. The number of imide groups is 1. The molecule has 3 amide bonds. The van der Waals surface area contributed by atoms with E-state index >= 15 is 0 Å². The van der Waals surface area contributed by atoms with Gasteiger partial charge in [-0.3, -0.25) is 10.1 Å². The second-order valence-electron chi connectivity index (χ2n) is 6.61. The van der Waals surface area contributed by atoms with E-state index in [0.717, 1.165) is 5.56 Å². The fourth-order valence-electron chi connectivity index (χ4n) is 2.25. The Morgan fingerprint density at radius 2 is 1.72 bits per heavy atom. The monoisotopic (exact) mass is 402 g/mol. The van der Waals surface area contributed by atoms with Crippen LogP contribution in [0.25, 0.3) is 0 Å². The maximum atomic E-state index is 12.9. The summed E-state index contributed by atoms with van der Waals surface area (Å²) in [5, 5.41) is 4.61. The Kier molecular flexibility index (Phi) is 7.70. The molecule has 0 saturated heterocycles. The highest BCUT2D eigenvalue weighted by Crippen LogP contribution is 2.17. The van der Waals surface area contributed by atoms with Crippen LogP contribution in [0.2, 0.25) is 0 Å². The number of ether oxygens (including phenoxy) is 2. The zero-order chi connectivity index (χ0) is 21.4. The van der Waals surface area contributed by atoms with Gasteiger partial charge in [0.05, 0.1) is 5.56 Å². The van der Waals surface area contributed by atoms with Gasteiger partial charge in [0, 0.05) is 6.04 Å². The van der Waals surface area contributed by atoms with E-state index in [1.54, 1.807) is 38.1 Å². The number of nitrogens with one attached hydrogen (secondary N) is 2. The summed E-state index contributed by atoms with van der Waals surface area (Å²) in [6.07, 6.45) is -1.16. The Morgan fingerprint density at radius 1 is 1.03 bits per heavy atom. The van der Waals surface area contributed by atoms with E-state index in [-0.39, 0.29) is 24.0 Å². The maximum absolute atomic E-state index is 12.9. The van der Waals surface area contributed by atoms with Gasteiger partial charge < -0.3 is 14.8 Å². The van der Waals surface area contributed by atoms with E-state index < -0.39 is 24.0 Å². The molecule has 0 heterocycles. The van der Waals surface area contributed by atoms with Crippen LogP contribution in [-0.4, -0.2) is 30.1 Å². The van der Waals surface area contributed by atoms with Crippen molar-refractivity contribution in [3.63, 3.8) is 0 Å². The number of hydrogen-bond acceptors (Lipinski definition) is 5. The molecule has 2 rings (SSSR count). The highest BCUT2D eigenvalue weighted by Gasteiger charge is 2.21. The number of rotatable bonds is 7. The molecule has 7 nitrogen and oxygen atoms in total. The molecule has 0 radical (unpaired) electrons. The Morgan fingerprint density at radius 3 is 2.38 bits per heavy atom. The van der Waals surface area contributed by atoms with E-state index in [2.05, 4.69) is 10.6 Å². The predicted octanol–water partition coefficient (Wildman–Crippen LogP) is 3.18. The van der Waals surface area contributed by atoms with Crippen LogP contribution in [0.3, 0.4) is 0 Å². The van der Waals surface area contributed by atoms with Gasteiger partial charge >= 0.3 is 12.0 Å². The molecule has 0 saturated carbocycles. The molecule has 0 aliphatic carbocycles. The second-order valence-corrected chi connectivity index (χ2v) is 6.61. The lowest BCUT2D eigenvalue weighted by Gasteiger charge is -2.14. The lowest BCUT2D eigenvalue weighted by molar-refractivity contribution is -0.127. The zero-order valence-electron chi connectivity index (χ0n) is 16.4. The summed E-state index contributed by atoms with van der Waals surface area (Å²) in [6, 6.07) is 11.3. The molecule has 154 valence electrons. The van der Waals surface area contributed by atoms with Crippen LogP contribution in [-0.2, 0) is 16.1 Å². The number of urea groups is 1. The molecule has 0 fully saturated rings. The van der Waals surface area contributed by atoms with Crippen molar-refractivity contribution in [1.82, 2.24) is 10.6 Å². The highest BCUT2D eigenvalue weighted by molar-refractivity contribution is 5.98. The third-order valence-corrected chi connectivity index (χ3v) is 3.70. The summed E-state index contributed by atoms with van der Waals surface area (Å²) < 4.78 is 23.6. The molecule has 2 aromatic carbocycles. The molecule has 29 heavy (non-hydrogen) atoms. The third kappa shape index (κ3) is 7.25. The SMILES string of the molecule is CC(C)NC(=O)NC(=O)[C@@H](C)OC(=O)c1cccc(OCc2ccc(F)cc2)c1. The summed E-state index contributed by atoms with van der Waals surface area (Å²) in [5.74, 6) is -1.39. The van der Waals surface area contributed by atoms with Crippen molar-refractivity contribution in [2.24, 2.45) is 0 Å². The minimum atomic E-state index is -1.16. The van der Waals surface area contributed by atoms with E-state index in [0.29, 0.717) is 5.75 Å². The molecule has 0 aliphatic heterocycles. The number of esters is 1. The molecule has 0 unspecified atom stereocenters. The molecule has 2 N–H and O–H groups in total. The molecule has 0 aliphatic rings. The van der Waals surface area contributed by atoms with Crippen LogP contribution in [0, 0.1) is 5.82 Å². The van der Waals surface area contributed by atoms with Gasteiger partial charge in [0.1, 0.15) is 18.2 Å². The number of benzene rings is 2. The standard InChI is InChI=1S/C21H23FN2O5/c1-13(2)23-21(27)24-19(25)14(3)29-20(26)16-5-4-6-18(11-16)28-12-15-7-9-17(22)10-8-15/h4-11,13-14H,12H2,1-3H3,(H2,23,24,25,27)/t14-/m1/s1. The maximum Gasteiger partial charge on any atom is 0.339 e. The summed E-state index contributed by atoms with van der Waals surface area (Å²) >= 11 is 0. The van der Waals surface area contributed by atoms with Crippen molar-refractivity contribution < 1.29 is 28.2 Å². The predicted molar refractivity (Wildman–Crippen MR) is 104 cm³/mol. The van der Waals surface area contributed by atoms with Crippen LogP contribution >= 0.6 is 0 Å². The van der Waals surface area contributed by atoms with Gasteiger partial charge in [-0.05, 0) is 56.7 Å². The van der Waals surface area contributed by atoms with Crippen molar-refractivity contribution in [3.8, 4) is 5.75 Å². The Bertz CT molecular complexity index is 868. The van der Waals surface area contributed by atoms with E-state index in [1.807, 2.05) is 0 Å². The summed E-state index contributed by atoms with van der Waals surface area (Å²) in [6.45, 7) is 5.06. The first kappa shape index (κ1) is 21.9. The first-order chi connectivity index (χ1) is 13.7. The lowest BCUT2D eigenvalue weighted by Crippen LogP contribution is -2.46. The molecule has 0 spiro atoms. The fourth-order valence-corrected chi connectivity index (χ4v) is 2.25. The van der Waals surface area contributed by atoms with Crippen molar-refractivity contribution in [1.29, 1.82) is 0 Å². The van der Waals surface area contributed by atoms with Gasteiger partial charge in [-0.25, -0.2) is 14.0 Å². The van der Waals surface area contributed by atoms with E-state index in [1.165, 1.54) is 31.2 Å². The Balaban J connectivity index is 1.91. The first-order valence-corrected chi connectivity index (χ1v) is 9.04. The molecular weight excluding hydrogens is 379 g/mol. The van der Waals surface area contributed by atoms with Crippen LogP contribution in [0.4, 0.5) is 9.18 Å². The normalized spacial score (nSPS) is 11.5. The molecule has 8 heteroatoms. The van der Waals surface area contributed by atoms with Gasteiger partial charge in [0.15, 0.2) is 6.10 Å². The van der Waals surface area contributed by atoms with Gasteiger partial charge in [-0.2, -0.15) is 0 Å². The van der Waals surface area contributed by atoms with Gasteiger partial charge in [-0.15, -0.1) is 0 Å². The summed E-state index contributed by atoms with van der Waals surface area (Å²) in [4.78, 5) is 35.8. The molecule has 1 atom stereocenters. The Labute approximate surface area is 168 Å². The largest absolute Gasteiger partial charge is 0.489 e. The number of carbonyl (C=O) groups is 3. The van der Waals surface area contributed by atoms with Crippen molar-refractivity contribution in [2.75, 3.05) is 0 Å². The van der Waals surface area contributed by atoms with Crippen LogP contribution in [0.15, 0.2) is 48.5 Å². The van der Waals surface area contributed by atoms with Crippen LogP contribution < -0.4 is 15.4 Å². The highest BCUT2D eigenvalue weighted by atomic mass is 19.1. The topological polar surface area (TPSA) is 93.7 Å². The fraction of sp³-hybridized carbons (Fsp3) is 0.286. The average Bonchev–Trinajstić information content (AvgIpc) is 2.67. The quantitative estimate of drug-likeness (QED) is 0.694. The smallest absolute Gasteiger partial charge is 0.339 e. The van der Waals surface area contributed by atoms with Gasteiger partial charge in [0.2, 0.25) is 0 Å². The van der Waals surface area contributed by atoms with E-state index in [4.69, 9.17) is 9.47 Å². The number of hydrogen-bond donors (Lipinski definition) is 2. The van der Waals surface area contributed by atoms with Gasteiger partial charge in [0.25, 0.3) is 5.91 Å². The van der Waals surface area contributed by atoms with Crippen LogP contribution in [0.5, 0.6) is 5.75 Å². The zero-order valence-corrected chi connectivity index (χ0v) is 16.4. The summed E-state index contributed by atoms with van der Waals surface area (Å²) in [5.41, 5.74) is 0.956. The van der Waals surface area contributed by atoms with Gasteiger partial charge in [-0.1, -0.05) is 18.2 Å². The number of amides is 3. The minimum Gasteiger partial charge on any atom is -0.489 e. The first-order valence-electron chi connectivity index (χ1n) is 9.04. The van der Waals surface area contributed by atoms with Crippen LogP contribution in [0.1, 0.15) is 36.7 Å². The average molecular weight is 402 g/mol. The van der Waals surface area contributed by atoms with E-state index in [9.17, 15) is 18.8 Å². The van der Waals surface area contributed by atoms with Crippen molar-refractivity contribution in [2.45, 2.75) is 39.5 Å². The minimum absolute atomic E-state index is 0.140. The van der Waals surface area contributed by atoms with Crippen molar-refractivity contribution in [3.05, 3.63) is 65.5 Å². The Hall–Kier alpha value is -3.42. The molecule has 2 aromatic rings.